The van der Waals surface area contributed by atoms with Crippen molar-refractivity contribution >= 4 is 17.3 Å². The number of halogens is 1. The molecule has 1 heterocycles. The minimum atomic E-state index is -0.228. The molecule has 6 heteroatoms. The van der Waals surface area contributed by atoms with Crippen LogP contribution in [0.3, 0.4) is 0 Å². The summed E-state index contributed by atoms with van der Waals surface area (Å²) in [5, 5.41) is 3.85. The van der Waals surface area contributed by atoms with Crippen LogP contribution in [0, 0.1) is 13.8 Å². The van der Waals surface area contributed by atoms with Gasteiger partial charge >= 0.3 is 0 Å². The van der Waals surface area contributed by atoms with Crippen LogP contribution in [0.1, 0.15) is 30.0 Å². The third kappa shape index (κ3) is 3.36. The molecule has 0 aliphatic heterocycles. The summed E-state index contributed by atoms with van der Waals surface area (Å²) in [6.07, 6.45) is 0. The van der Waals surface area contributed by atoms with Crippen molar-refractivity contribution in [2.24, 2.45) is 0 Å². The fourth-order valence-corrected chi connectivity index (χ4v) is 2.52. The number of anilines is 1. The lowest BCUT2D eigenvalue weighted by molar-refractivity contribution is 0.416. The molecule has 1 atom stereocenters. The highest BCUT2D eigenvalue weighted by molar-refractivity contribution is 6.30. The molecule has 1 aromatic heterocycles. The van der Waals surface area contributed by atoms with E-state index in [0.717, 1.165) is 5.69 Å². The first kappa shape index (κ1) is 15.4. The quantitative estimate of drug-likeness (QED) is 0.910. The Morgan fingerprint density at radius 1 is 1.38 bits per heavy atom. The normalized spacial score (nSPS) is 12.0. The Bertz CT molecular complexity index is 713. The molecule has 112 valence electrons. The second-order valence-electron chi connectivity index (χ2n) is 4.86. The summed E-state index contributed by atoms with van der Waals surface area (Å²) in [5.74, 6) is 1.27. The molecular weight excluding hydrogens is 290 g/mol. The second-order valence-corrected chi connectivity index (χ2v) is 5.30. The molecular formula is C15H18ClN3O2. The van der Waals surface area contributed by atoms with Crippen molar-refractivity contribution < 1.29 is 4.74 Å². The number of nitrogens with one attached hydrogen (secondary N) is 2. The number of aryl methyl sites for hydroxylation is 2. The highest BCUT2D eigenvalue weighted by Gasteiger charge is 2.16. The standard InChI is InChI=1S/C15H18ClN3O2/c1-8-14(15(20)19-10(3)17-8)9(2)18-12-7-11(16)5-6-13(12)21-4/h5-7,9,18H,1-4H3,(H,17,19,20). The van der Waals surface area contributed by atoms with Crippen LogP contribution in [-0.4, -0.2) is 17.1 Å². The minimum Gasteiger partial charge on any atom is -0.495 e. The molecule has 0 saturated heterocycles. The lowest BCUT2D eigenvalue weighted by Gasteiger charge is -2.18. The van der Waals surface area contributed by atoms with E-state index in [-0.39, 0.29) is 11.6 Å². The smallest absolute Gasteiger partial charge is 0.256 e. The summed E-state index contributed by atoms with van der Waals surface area (Å²) in [4.78, 5) is 19.1. The van der Waals surface area contributed by atoms with Gasteiger partial charge < -0.3 is 15.0 Å². The molecule has 2 aromatic rings. The minimum absolute atomic E-state index is 0.138. The van der Waals surface area contributed by atoms with Gasteiger partial charge in [0.25, 0.3) is 5.56 Å². The summed E-state index contributed by atoms with van der Waals surface area (Å²) >= 11 is 6.01. The van der Waals surface area contributed by atoms with Gasteiger partial charge in [0, 0.05) is 5.02 Å². The van der Waals surface area contributed by atoms with Gasteiger partial charge in [0.1, 0.15) is 11.6 Å². The highest BCUT2D eigenvalue weighted by Crippen LogP contribution is 2.30. The van der Waals surface area contributed by atoms with Crippen molar-refractivity contribution in [1.82, 2.24) is 9.97 Å². The summed E-state index contributed by atoms with van der Waals surface area (Å²) in [5.41, 5.74) is 1.90. The Morgan fingerprint density at radius 2 is 2.10 bits per heavy atom. The van der Waals surface area contributed by atoms with Gasteiger partial charge in [-0.25, -0.2) is 4.98 Å². The molecule has 0 radical (unpaired) electrons. The lowest BCUT2D eigenvalue weighted by Crippen LogP contribution is -2.23. The molecule has 0 fully saturated rings. The molecule has 5 nitrogen and oxygen atoms in total. The van der Waals surface area contributed by atoms with Crippen molar-refractivity contribution in [3.05, 3.63) is 50.7 Å². The van der Waals surface area contributed by atoms with Crippen molar-refractivity contribution in [1.29, 1.82) is 0 Å². The molecule has 0 aliphatic rings. The fourth-order valence-electron chi connectivity index (χ4n) is 2.34. The Balaban J connectivity index is 2.37. The Labute approximate surface area is 128 Å². The molecule has 1 aromatic carbocycles. The summed E-state index contributed by atoms with van der Waals surface area (Å²) in [6, 6.07) is 5.07. The van der Waals surface area contributed by atoms with Crippen LogP contribution in [0.15, 0.2) is 23.0 Å². The van der Waals surface area contributed by atoms with E-state index in [2.05, 4.69) is 15.3 Å². The predicted octanol–water partition coefficient (Wildman–Crippen LogP) is 3.22. The maximum atomic E-state index is 12.1. The Morgan fingerprint density at radius 3 is 2.71 bits per heavy atom. The SMILES string of the molecule is COc1ccc(Cl)cc1NC(C)c1c(C)nc(C)[nH]c1=O. The zero-order valence-electron chi connectivity index (χ0n) is 12.5. The van der Waals surface area contributed by atoms with Gasteiger partial charge in [0.15, 0.2) is 0 Å². The largest absolute Gasteiger partial charge is 0.495 e. The van der Waals surface area contributed by atoms with Crippen LogP contribution in [0.5, 0.6) is 5.75 Å². The van der Waals surface area contributed by atoms with Crippen LogP contribution in [0.2, 0.25) is 5.02 Å². The molecule has 0 aliphatic carbocycles. The van der Waals surface area contributed by atoms with E-state index in [9.17, 15) is 4.79 Å². The van der Waals surface area contributed by atoms with Crippen LogP contribution < -0.4 is 15.6 Å². The van der Waals surface area contributed by atoms with Crippen molar-refractivity contribution in [3.8, 4) is 5.75 Å². The molecule has 0 bridgehead atoms. The number of H-pyrrole nitrogens is 1. The molecule has 0 amide bonds. The molecule has 0 spiro atoms. The van der Waals surface area contributed by atoms with Gasteiger partial charge in [0.2, 0.25) is 0 Å². The molecule has 21 heavy (non-hydrogen) atoms. The average Bonchev–Trinajstić information content (AvgIpc) is 2.37. The second kappa shape index (κ2) is 6.18. The van der Waals surface area contributed by atoms with Crippen LogP contribution >= 0.6 is 11.6 Å². The lowest BCUT2D eigenvalue weighted by atomic mass is 10.1. The van der Waals surface area contributed by atoms with Gasteiger partial charge in [-0.05, 0) is 39.0 Å². The van der Waals surface area contributed by atoms with Gasteiger partial charge in [-0.15, -0.1) is 0 Å². The maximum Gasteiger partial charge on any atom is 0.256 e. The molecule has 2 N–H and O–H groups in total. The number of rotatable bonds is 4. The molecule has 1 unspecified atom stereocenters. The zero-order chi connectivity index (χ0) is 15.6. The van der Waals surface area contributed by atoms with Gasteiger partial charge in [-0.1, -0.05) is 11.6 Å². The number of methoxy groups -OCH3 is 1. The topological polar surface area (TPSA) is 67.0 Å². The zero-order valence-corrected chi connectivity index (χ0v) is 13.2. The first-order valence-corrected chi connectivity index (χ1v) is 6.97. The predicted molar refractivity (Wildman–Crippen MR) is 84.4 cm³/mol. The van der Waals surface area contributed by atoms with Gasteiger partial charge in [0.05, 0.1) is 30.1 Å². The first-order chi connectivity index (χ1) is 9.92. The summed E-state index contributed by atoms with van der Waals surface area (Å²) in [7, 11) is 1.59. The number of aromatic nitrogens is 2. The van der Waals surface area contributed by atoms with E-state index in [4.69, 9.17) is 16.3 Å². The Hall–Kier alpha value is -2.01. The van der Waals surface area contributed by atoms with E-state index in [1.807, 2.05) is 13.8 Å². The number of hydrogen-bond donors (Lipinski definition) is 2. The van der Waals surface area contributed by atoms with Crippen LogP contribution in [-0.2, 0) is 0 Å². The van der Waals surface area contributed by atoms with Crippen LogP contribution in [0.4, 0.5) is 5.69 Å². The third-order valence-corrected chi connectivity index (χ3v) is 3.47. The van der Waals surface area contributed by atoms with E-state index < -0.39 is 0 Å². The Kier molecular flexibility index (Phi) is 4.53. The molecule has 0 saturated carbocycles. The van der Waals surface area contributed by atoms with Gasteiger partial charge in [-0.2, -0.15) is 0 Å². The summed E-state index contributed by atoms with van der Waals surface area (Å²) in [6.45, 7) is 5.48. The number of benzene rings is 1. The van der Waals surface area contributed by atoms with Crippen molar-refractivity contribution in [2.45, 2.75) is 26.8 Å². The van der Waals surface area contributed by atoms with Gasteiger partial charge in [-0.3, -0.25) is 4.79 Å². The summed E-state index contributed by atoms with van der Waals surface area (Å²) < 4.78 is 5.29. The van der Waals surface area contributed by atoms with E-state index >= 15 is 0 Å². The number of nitrogens with zero attached hydrogens (tertiary/aromatic N) is 1. The number of hydrogen-bond acceptors (Lipinski definition) is 4. The third-order valence-electron chi connectivity index (χ3n) is 3.23. The maximum absolute atomic E-state index is 12.1. The van der Waals surface area contributed by atoms with Crippen molar-refractivity contribution in [3.63, 3.8) is 0 Å². The van der Waals surface area contributed by atoms with Crippen LogP contribution in [0.25, 0.3) is 0 Å². The average molecular weight is 308 g/mol. The fraction of sp³-hybridized carbons (Fsp3) is 0.333. The van der Waals surface area contributed by atoms with E-state index in [1.165, 1.54) is 0 Å². The van der Waals surface area contributed by atoms with E-state index in [1.54, 1.807) is 32.2 Å². The number of ether oxygens (including phenoxy) is 1. The van der Waals surface area contributed by atoms with Crippen molar-refractivity contribution in [2.75, 3.05) is 12.4 Å². The monoisotopic (exact) mass is 307 g/mol. The highest BCUT2D eigenvalue weighted by atomic mass is 35.5. The first-order valence-electron chi connectivity index (χ1n) is 6.60. The van der Waals surface area contributed by atoms with E-state index in [0.29, 0.717) is 27.9 Å². The molecule has 2 rings (SSSR count). The number of aromatic amines is 1.